The van der Waals surface area contributed by atoms with Crippen molar-refractivity contribution in [1.82, 2.24) is 24.3 Å². The van der Waals surface area contributed by atoms with Crippen LogP contribution in [-0.4, -0.2) is 106 Å². The first-order chi connectivity index (χ1) is 9.02. The number of hydrogen-bond acceptors (Lipinski definition) is 6. The van der Waals surface area contributed by atoms with Crippen molar-refractivity contribution in [3.8, 4) is 0 Å². The molecule has 0 radical (unpaired) electrons. The zero-order valence-corrected chi connectivity index (χ0v) is 13.9. The molecule has 1 aliphatic rings. The number of thiol groups is 1. The van der Waals surface area contributed by atoms with Crippen LogP contribution in [0.5, 0.6) is 0 Å². The normalized spacial score (nSPS) is 22.6. The van der Waals surface area contributed by atoms with Crippen LogP contribution >= 0.6 is 12.8 Å². The van der Waals surface area contributed by atoms with Gasteiger partial charge in [0, 0.05) is 58.4 Å². The third-order valence-corrected chi connectivity index (χ3v) is 3.90. The highest BCUT2D eigenvalue weighted by Gasteiger charge is 2.26. The Kier molecular flexibility index (Phi) is 8.29. The van der Waals surface area contributed by atoms with Gasteiger partial charge in [0.25, 0.3) is 0 Å². The molecule has 0 bridgehead atoms. The molecule has 6 heteroatoms. The summed E-state index contributed by atoms with van der Waals surface area (Å²) in [6, 6.07) is 0.577. The highest BCUT2D eigenvalue weighted by Crippen LogP contribution is 2.09. The van der Waals surface area contributed by atoms with Gasteiger partial charge >= 0.3 is 0 Å². The van der Waals surface area contributed by atoms with Crippen LogP contribution in [0.25, 0.3) is 0 Å². The van der Waals surface area contributed by atoms with Crippen molar-refractivity contribution in [2.45, 2.75) is 6.04 Å². The van der Waals surface area contributed by atoms with Crippen molar-refractivity contribution in [3.05, 3.63) is 0 Å². The topological polar surface area (TPSA) is 25.0 Å². The summed E-state index contributed by atoms with van der Waals surface area (Å²) in [5, 5.41) is 0. The Hall–Kier alpha value is 0.150. The Balaban J connectivity index is 2.40. The van der Waals surface area contributed by atoms with Gasteiger partial charge in [-0.2, -0.15) is 0 Å². The SMILES string of the molecule is CN(C)CCN1CCN(CCN(C)C)C(CNS)C1. The molecule has 0 aromatic rings. The minimum absolute atomic E-state index is 0.577. The van der Waals surface area contributed by atoms with E-state index in [1.165, 1.54) is 13.1 Å². The fourth-order valence-corrected chi connectivity index (χ4v) is 2.63. The molecular weight excluding hydrogens is 258 g/mol. The van der Waals surface area contributed by atoms with Gasteiger partial charge in [-0.25, -0.2) is 0 Å². The molecule has 0 spiro atoms. The van der Waals surface area contributed by atoms with E-state index in [1.54, 1.807) is 0 Å². The first-order valence-electron chi connectivity index (χ1n) is 7.15. The molecular formula is C13H31N5S. The van der Waals surface area contributed by atoms with Crippen molar-refractivity contribution in [2.24, 2.45) is 0 Å². The second kappa shape index (κ2) is 9.15. The van der Waals surface area contributed by atoms with E-state index in [-0.39, 0.29) is 0 Å². The van der Waals surface area contributed by atoms with Gasteiger partial charge in [0.1, 0.15) is 0 Å². The van der Waals surface area contributed by atoms with E-state index in [9.17, 15) is 0 Å². The summed E-state index contributed by atoms with van der Waals surface area (Å²) >= 11 is 4.18. The average Bonchev–Trinajstić information content (AvgIpc) is 2.35. The molecule has 1 unspecified atom stereocenters. The molecule has 1 saturated heterocycles. The van der Waals surface area contributed by atoms with Gasteiger partial charge in [0.2, 0.25) is 0 Å². The summed E-state index contributed by atoms with van der Waals surface area (Å²) in [5.74, 6) is 0. The fraction of sp³-hybridized carbons (Fsp3) is 1.00. The standard InChI is InChI=1S/C13H31N5S/c1-15(2)5-7-17-8-10-18(9-6-16(3)4)13(12-17)11-14-19/h13-14,19H,5-12H2,1-4H3. The number of hydrogen-bond donors (Lipinski definition) is 2. The van der Waals surface area contributed by atoms with Crippen molar-refractivity contribution in [2.75, 3.05) is 80.5 Å². The van der Waals surface area contributed by atoms with Crippen molar-refractivity contribution in [3.63, 3.8) is 0 Å². The molecule has 5 nitrogen and oxygen atoms in total. The lowest BCUT2D eigenvalue weighted by Crippen LogP contribution is -2.57. The molecule has 0 aliphatic carbocycles. The van der Waals surface area contributed by atoms with E-state index < -0.39 is 0 Å². The second-order valence-electron chi connectivity index (χ2n) is 5.96. The maximum absolute atomic E-state index is 4.18. The Morgan fingerprint density at radius 3 is 2.26 bits per heavy atom. The predicted molar refractivity (Wildman–Crippen MR) is 85.9 cm³/mol. The minimum Gasteiger partial charge on any atom is -0.308 e. The molecule has 1 fully saturated rings. The van der Waals surface area contributed by atoms with E-state index in [1.807, 2.05) is 0 Å². The predicted octanol–water partition coefficient (Wildman–Crippen LogP) is -0.470. The lowest BCUT2D eigenvalue weighted by atomic mass is 10.1. The quantitative estimate of drug-likeness (QED) is 0.589. The maximum atomic E-state index is 4.18. The van der Waals surface area contributed by atoms with Crippen LogP contribution in [0.2, 0.25) is 0 Å². The molecule has 114 valence electrons. The van der Waals surface area contributed by atoms with Crippen LogP contribution in [-0.2, 0) is 0 Å². The van der Waals surface area contributed by atoms with Gasteiger partial charge in [0.15, 0.2) is 0 Å². The lowest BCUT2D eigenvalue weighted by molar-refractivity contribution is 0.0683. The minimum atomic E-state index is 0.577. The molecule has 1 heterocycles. The number of nitrogens with one attached hydrogen (secondary N) is 1. The Morgan fingerprint density at radius 2 is 1.68 bits per heavy atom. The molecule has 19 heavy (non-hydrogen) atoms. The zero-order chi connectivity index (χ0) is 14.3. The van der Waals surface area contributed by atoms with Crippen molar-refractivity contribution < 1.29 is 0 Å². The molecule has 0 saturated carbocycles. The van der Waals surface area contributed by atoms with Gasteiger partial charge in [0.05, 0.1) is 0 Å². The van der Waals surface area contributed by atoms with Gasteiger partial charge in [-0.05, 0) is 28.2 Å². The van der Waals surface area contributed by atoms with Gasteiger partial charge in [-0.3, -0.25) is 14.5 Å². The summed E-state index contributed by atoms with van der Waals surface area (Å²) in [6.07, 6.45) is 0. The fourth-order valence-electron chi connectivity index (χ4n) is 2.42. The van der Waals surface area contributed by atoms with Crippen molar-refractivity contribution in [1.29, 1.82) is 0 Å². The van der Waals surface area contributed by atoms with Crippen LogP contribution in [0, 0.1) is 0 Å². The van der Waals surface area contributed by atoms with E-state index in [0.29, 0.717) is 6.04 Å². The van der Waals surface area contributed by atoms with Crippen LogP contribution in [0.4, 0.5) is 0 Å². The monoisotopic (exact) mass is 289 g/mol. The maximum Gasteiger partial charge on any atom is 0.0358 e. The second-order valence-corrected chi connectivity index (χ2v) is 6.28. The van der Waals surface area contributed by atoms with Crippen molar-refractivity contribution >= 4 is 12.8 Å². The molecule has 0 aromatic carbocycles. The molecule has 0 aromatic heterocycles. The third kappa shape index (κ3) is 6.92. The van der Waals surface area contributed by atoms with Gasteiger partial charge < -0.3 is 9.80 Å². The largest absolute Gasteiger partial charge is 0.308 e. The highest BCUT2D eigenvalue weighted by molar-refractivity contribution is 7.78. The Bertz CT molecular complexity index is 237. The Morgan fingerprint density at radius 1 is 1.05 bits per heavy atom. The lowest BCUT2D eigenvalue weighted by Gasteiger charge is -2.42. The molecule has 1 rings (SSSR count). The van der Waals surface area contributed by atoms with E-state index in [4.69, 9.17) is 0 Å². The Labute approximate surface area is 124 Å². The van der Waals surface area contributed by atoms with Crippen LogP contribution < -0.4 is 4.72 Å². The van der Waals surface area contributed by atoms with Crippen LogP contribution in [0.1, 0.15) is 0 Å². The summed E-state index contributed by atoms with van der Waals surface area (Å²) in [5.41, 5.74) is 0. The number of rotatable bonds is 8. The molecule has 1 aliphatic heterocycles. The zero-order valence-electron chi connectivity index (χ0n) is 13.0. The first-order valence-corrected chi connectivity index (χ1v) is 7.60. The third-order valence-electron chi connectivity index (χ3n) is 3.71. The molecule has 1 N–H and O–H groups in total. The van der Waals surface area contributed by atoms with Crippen LogP contribution in [0.3, 0.4) is 0 Å². The number of piperazine rings is 1. The summed E-state index contributed by atoms with van der Waals surface area (Å²) in [7, 11) is 8.55. The van der Waals surface area contributed by atoms with Gasteiger partial charge in [-0.15, -0.1) is 0 Å². The summed E-state index contributed by atoms with van der Waals surface area (Å²) in [4.78, 5) is 9.67. The molecule has 1 atom stereocenters. The highest BCUT2D eigenvalue weighted by atomic mass is 32.1. The number of nitrogens with zero attached hydrogens (tertiary/aromatic N) is 4. The number of likely N-dealkylation sites (N-methyl/N-ethyl adjacent to an activating group) is 2. The molecule has 0 amide bonds. The van der Waals surface area contributed by atoms with Gasteiger partial charge in [-0.1, -0.05) is 12.8 Å². The summed E-state index contributed by atoms with van der Waals surface area (Å²) in [6.45, 7) is 9.03. The van der Waals surface area contributed by atoms with E-state index in [2.05, 4.69) is 65.3 Å². The van der Waals surface area contributed by atoms with Crippen LogP contribution in [0.15, 0.2) is 0 Å². The smallest absolute Gasteiger partial charge is 0.0358 e. The van der Waals surface area contributed by atoms with E-state index >= 15 is 0 Å². The first kappa shape index (κ1) is 17.2. The average molecular weight is 289 g/mol. The van der Waals surface area contributed by atoms with E-state index in [0.717, 1.165) is 39.3 Å². The summed E-state index contributed by atoms with van der Waals surface area (Å²) < 4.78 is 3.04.